The van der Waals surface area contributed by atoms with Crippen LogP contribution in [0.25, 0.3) is 11.3 Å². The van der Waals surface area contributed by atoms with Crippen LogP contribution in [0.4, 0.5) is 0 Å². The van der Waals surface area contributed by atoms with Gasteiger partial charge < -0.3 is 19.5 Å². The Kier molecular flexibility index (Phi) is 6.46. The number of benzene rings is 2. The Labute approximate surface area is 195 Å². The smallest absolute Gasteiger partial charge is 0.326 e. The van der Waals surface area contributed by atoms with Gasteiger partial charge in [-0.1, -0.05) is 29.8 Å². The highest BCUT2D eigenvalue weighted by Crippen LogP contribution is 2.41. The molecule has 1 aromatic heterocycles. The van der Waals surface area contributed by atoms with E-state index in [1.165, 1.54) is 19.1 Å². The Balaban J connectivity index is 1.73. The Morgan fingerprint density at radius 2 is 1.88 bits per heavy atom. The molecule has 33 heavy (non-hydrogen) atoms. The first-order valence-corrected chi connectivity index (χ1v) is 10.7. The van der Waals surface area contributed by atoms with E-state index >= 15 is 0 Å². The predicted octanol–water partition coefficient (Wildman–Crippen LogP) is 4.24. The Morgan fingerprint density at radius 3 is 2.58 bits per heavy atom. The number of amides is 1. The number of carboxylic acids is 1. The molecule has 0 bridgehead atoms. The standard InChI is InChI=1S/C24H22ClN3O5/c1-32-21-13-14(7-8-16(21)18-11-12-26-24(27-18)33-2)22(29)28-19(9-10-20(28)23(30)31)15-5-3-4-6-17(15)25/h3-8,11-13,19-20H,9-10H2,1-2H3,(H,30,31)/t19-,20+/m1/s1. The molecule has 0 aliphatic carbocycles. The molecule has 1 fully saturated rings. The minimum atomic E-state index is -1.05. The first-order chi connectivity index (χ1) is 15.9. The number of hydrogen-bond donors (Lipinski definition) is 1. The fraction of sp³-hybridized carbons (Fsp3) is 0.250. The Hall–Kier alpha value is -3.65. The van der Waals surface area contributed by atoms with Crippen molar-refractivity contribution in [3.63, 3.8) is 0 Å². The van der Waals surface area contributed by atoms with Crippen LogP contribution in [0.1, 0.15) is 34.8 Å². The van der Waals surface area contributed by atoms with Gasteiger partial charge in [-0.15, -0.1) is 0 Å². The van der Waals surface area contributed by atoms with Crippen molar-refractivity contribution in [3.05, 3.63) is 70.9 Å². The number of halogens is 1. The maximum atomic E-state index is 13.6. The van der Waals surface area contributed by atoms with Crippen LogP contribution in [-0.4, -0.2) is 52.1 Å². The van der Waals surface area contributed by atoms with Crippen LogP contribution in [0.5, 0.6) is 11.8 Å². The van der Waals surface area contributed by atoms with Crippen LogP contribution < -0.4 is 9.47 Å². The Morgan fingerprint density at radius 1 is 1.09 bits per heavy atom. The summed E-state index contributed by atoms with van der Waals surface area (Å²) in [6, 6.07) is 12.6. The number of carboxylic acid groups (broad SMARTS) is 1. The molecule has 2 heterocycles. The van der Waals surface area contributed by atoms with E-state index in [0.717, 1.165) is 5.56 Å². The molecule has 0 saturated carbocycles. The summed E-state index contributed by atoms with van der Waals surface area (Å²) in [5, 5.41) is 10.3. The number of carbonyl (C=O) groups excluding carboxylic acids is 1. The second-order valence-electron chi connectivity index (χ2n) is 7.52. The largest absolute Gasteiger partial charge is 0.496 e. The van der Waals surface area contributed by atoms with Crippen molar-refractivity contribution in [2.45, 2.75) is 24.9 Å². The molecule has 1 amide bonds. The summed E-state index contributed by atoms with van der Waals surface area (Å²) in [7, 11) is 2.97. The van der Waals surface area contributed by atoms with Crippen LogP contribution >= 0.6 is 11.6 Å². The summed E-state index contributed by atoms with van der Waals surface area (Å²) in [5.41, 5.74) is 2.25. The summed E-state index contributed by atoms with van der Waals surface area (Å²) in [5.74, 6) is -1.04. The molecule has 3 aromatic rings. The van der Waals surface area contributed by atoms with E-state index < -0.39 is 24.0 Å². The maximum absolute atomic E-state index is 13.6. The predicted molar refractivity (Wildman–Crippen MR) is 122 cm³/mol. The number of likely N-dealkylation sites (tertiary alicyclic amines) is 1. The van der Waals surface area contributed by atoms with Crippen LogP contribution in [0.2, 0.25) is 5.02 Å². The monoisotopic (exact) mass is 467 g/mol. The van der Waals surface area contributed by atoms with Crippen molar-refractivity contribution >= 4 is 23.5 Å². The van der Waals surface area contributed by atoms with Crippen molar-refractivity contribution < 1.29 is 24.2 Å². The van der Waals surface area contributed by atoms with E-state index in [-0.39, 0.29) is 6.01 Å². The lowest BCUT2D eigenvalue weighted by Gasteiger charge is -2.29. The van der Waals surface area contributed by atoms with Crippen LogP contribution in [0.15, 0.2) is 54.7 Å². The average Bonchev–Trinajstić information content (AvgIpc) is 3.28. The number of aromatic nitrogens is 2. The van der Waals surface area contributed by atoms with Gasteiger partial charge in [0.25, 0.3) is 5.91 Å². The second-order valence-corrected chi connectivity index (χ2v) is 7.93. The number of rotatable bonds is 6. The summed E-state index contributed by atoms with van der Waals surface area (Å²) in [6.07, 6.45) is 2.41. The average molecular weight is 468 g/mol. The minimum absolute atomic E-state index is 0.207. The van der Waals surface area contributed by atoms with Gasteiger partial charge in [0.15, 0.2) is 0 Å². The zero-order chi connectivity index (χ0) is 23.5. The number of aliphatic carboxylic acids is 1. The summed E-state index contributed by atoms with van der Waals surface area (Å²) in [4.78, 5) is 35.3. The van der Waals surface area contributed by atoms with Crippen molar-refractivity contribution in [1.82, 2.24) is 14.9 Å². The molecule has 9 heteroatoms. The first kappa shape index (κ1) is 22.5. The fourth-order valence-corrected chi connectivity index (χ4v) is 4.42. The lowest BCUT2D eigenvalue weighted by Crippen LogP contribution is -2.41. The van der Waals surface area contributed by atoms with E-state index in [4.69, 9.17) is 21.1 Å². The van der Waals surface area contributed by atoms with Crippen molar-refractivity contribution in [2.75, 3.05) is 14.2 Å². The van der Waals surface area contributed by atoms with E-state index in [9.17, 15) is 14.7 Å². The van der Waals surface area contributed by atoms with Crippen LogP contribution in [0.3, 0.4) is 0 Å². The van der Waals surface area contributed by atoms with Gasteiger partial charge in [-0.25, -0.2) is 9.78 Å². The molecule has 2 aromatic carbocycles. The SMILES string of the molecule is COc1nccc(-c2ccc(C(=O)N3[C@@H](c4ccccc4Cl)CC[C@H]3C(=O)O)cc2OC)n1. The van der Waals surface area contributed by atoms with Gasteiger partial charge in [-0.2, -0.15) is 4.98 Å². The molecule has 1 N–H and O–H groups in total. The summed E-state index contributed by atoms with van der Waals surface area (Å²) >= 11 is 6.38. The van der Waals surface area contributed by atoms with E-state index in [0.29, 0.717) is 40.4 Å². The lowest BCUT2D eigenvalue weighted by molar-refractivity contribution is -0.141. The van der Waals surface area contributed by atoms with Gasteiger partial charge in [0.2, 0.25) is 0 Å². The number of nitrogens with zero attached hydrogens (tertiary/aromatic N) is 3. The van der Waals surface area contributed by atoms with Crippen molar-refractivity contribution in [1.29, 1.82) is 0 Å². The first-order valence-electron chi connectivity index (χ1n) is 10.3. The normalized spacial score (nSPS) is 17.6. The highest BCUT2D eigenvalue weighted by atomic mass is 35.5. The minimum Gasteiger partial charge on any atom is -0.496 e. The molecule has 8 nitrogen and oxygen atoms in total. The molecular formula is C24H22ClN3O5. The zero-order valence-corrected chi connectivity index (χ0v) is 18.8. The lowest BCUT2D eigenvalue weighted by atomic mass is 10.0. The molecule has 4 rings (SSSR count). The molecule has 0 spiro atoms. The van der Waals surface area contributed by atoms with Gasteiger partial charge in [0, 0.05) is 22.3 Å². The van der Waals surface area contributed by atoms with Gasteiger partial charge in [0.1, 0.15) is 11.8 Å². The topological polar surface area (TPSA) is 102 Å². The highest BCUT2D eigenvalue weighted by molar-refractivity contribution is 6.31. The molecular weight excluding hydrogens is 446 g/mol. The number of hydrogen-bond acceptors (Lipinski definition) is 6. The van der Waals surface area contributed by atoms with Gasteiger partial charge >= 0.3 is 12.0 Å². The van der Waals surface area contributed by atoms with Crippen molar-refractivity contribution in [2.24, 2.45) is 0 Å². The van der Waals surface area contributed by atoms with Crippen LogP contribution in [0, 0.1) is 0 Å². The van der Waals surface area contributed by atoms with E-state index in [1.54, 1.807) is 42.6 Å². The number of carbonyl (C=O) groups is 2. The van der Waals surface area contributed by atoms with Gasteiger partial charge in [0.05, 0.1) is 26.0 Å². The summed E-state index contributed by atoms with van der Waals surface area (Å²) in [6.45, 7) is 0. The highest BCUT2D eigenvalue weighted by Gasteiger charge is 2.42. The molecule has 1 aliphatic rings. The molecule has 1 saturated heterocycles. The molecule has 0 unspecified atom stereocenters. The van der Waals surface area contributed by atoms with Crippen molar-refractivity contribution in [3.8, 4) is 23.0 Å². The van der Waals surface area contributed by atoms with E-state index in [1.807, 2.05) is 12.1 Å². The number of methoxy groups -OCH3 is 2. The molecule has 0 radical (unpaired) electrons. The third kappa shape index (κ3) is 4.34. The fourth-order valence-electron chi connectivity index (χ4n) is 4.16. The second kappa shape index (κ2) is 9.46. The third-order valence-electron chi connectivity index (χ3n) is 5.71. The van der Waals surface area contributed by atoms with Gasteiger partial charge in [-0.3, -0.25) is 4.79 Å². The molecule has 170 valence electrons. The maximum Gasteiger partial charge on any atom is 0.326 e. The quantitative estimate of drug-likeness (QED) is 0.578. The molecule has 1 aliphatic heterocycles. The Bertz CT molecular complexity index is 1200. The molecule has 2 atom stereocenters. The van der Waals surface area contributed by atoms with Crippen LogP contribution in [-0.2, 0) is 4.79 Å². The number of ether oxygens (including phenoxy) is 2. The van der Waals surface area contributed by atoms with Gasteiger partial charge in [-0.05, 0) is 48.7 Å². The van der Waals surface area contributed by atoms with E-state index in [2.05, 4.69) is 9.97 Å². The summed E-state index contributed by atoms with van der Waals surface area (Å²) < 4.78 is 10.6. The third-order valence-corrected chi connectivity index (χ3v) is 6.05. The zero-order valence-electron chi connectivity index (χ0n) is 18.1.